The highest BCUT2D eigenvalue weighted by atomic mass is 16.5. The second kappa shape index (κ2) is 2.58. The molecule has 0 spiro atoms. The van der Waals surface area contributed by atoms with Crippen molar-refractivity contribution in [3.63, 3.8) is 0 Å². The lowest BCUT2D eigenvalue weighted by Crippen LogP contribution is -2.05. The minimum Gasteiger partial charge on any atom is -0.361 e. The molecule has 1 aromatic rings. The van der Waals surface area contributed by atoms with Crippen molar-refractivity contribution >= 4 is 0 Å². The summed E-state index contributed by atoms with van der Waals surface area (Å²) in [4.78, 5) is 0. The molecule has 1 aromatic heterocycles. The van der Waals surface area contributed by atoms with Crippen molar-refractivity contribution in [2.24, 2.45) is 17.1 Å². The molecular weight excluding hydrogens is 164 g/mol. The standard InChI is InChI=1S/C10H16N2O/c1-6-4-8(13-12-6)9-7(5-11)10(9,2)3/h4,7,9H,5,11H2,1-3H3. The number of aryl methyl sites for hydroxylation is 1. The number of aromatic nitrogens is 1. The highest BCUT2D eigenvalue weighted by molar-refractivity contribution is 5.25. The molecule has 2 unspecified atom stereocenters. The zero-order chi connectivity index (χ0) is 9.64. The van der Waals surface area contributed by atoms with Gasteiger partial charge in [-0.3, -0.25) is 0 Å². The maximum absolute atomic E-state index is 5.68. The van der Waals surface area contributed by atoms with Crippen LogP contribution in [0.15, 0.2) is 10.6 Å². The lowest BCUT2D eigenvalue weighted by Gasteiger charge is -1.97. The molecule has 1 saturated carbocycles. The highest BCUT2D eigenvalue weighted by Crippen LogP contribution is 2.63. The van der Waals surface area contributed by atoms with Crippen LogP contribution in [0.5, 0.6) is 0 Å². The van der Waals surface area contributed by atoms with E-state index in [4.69, 9.17) is 10.3 Å². The Balaban J connectivity index is 2.21. The molecule has 0 aliphatic heterocycles. The van der Waals surface area contributed by atoms with Crippen molar-refractivity contribution in [3.05, 3.63) is 17.5 Å². The van der Waals surface area contributed by atoms with Gasteiger partial charge in [0.25, 0.3) is 0 Å². The first-order valence-electron chi connectivity index (χ1n) is 4.70. The molecule has 1 heterocycles. The number of nitrogens with two attached hydrogens (primary N) is 1. The lowest BCUT2D eigenvalue weighted by atomic mass is 10.1. The summed E-state index contributed by atoms with van der Waals surface area (Å²) in [6, 6.07) is 2.02. The normalized spacial score (nSPS) is 30.5. The van der Waals surface area contributed by atoms with Crippen LogP contribution < -0.4 is 5.73 Å². The maximum Gasteiger partial charge on any atom is 0.140 e. The number of rotatable bonds is 2. The van der Waals surface area contributed by atoms with Gasteiger partial charge in [-0.05, 0) is 24.8 Å². The lowest BCUT2D eigenvalue weighted by molar-refractivity contribution is 0.369. The van der Waals surface area contributed by atoms with Crippen LogP contribution in [0.2, 0.25) is 0 Å². The van der Waals surface area contributed by atoms with E-state index >= 15 is 0 Å². The predicted molar refractivity (Wildman–Crippen MR) is 50.3 cm³/mol. The molecule has 1 fully saturated rings. The van der Waals surface area contributed by atoms with Gasteiger partial charge in [-0.1, -0.05) is 19.0 Å². The van der Waals surface area contributed by atoms with E-state index in [2.05, 4.69) is 19.0 Å². The van der Waals surface area contributed by atoms with Crippen molar-refractivity contribution < 1.29 is 4.52 Å². The van der Waals surface area contributed by atoms with E-state index in [1.54, 1.807) is 0 Å². The minimum atomic E-state index is 0.292. The number of nitrogens with zero attached hydrogens (tertiary/aromatic N) is 1. The zero-order valence-corrected chi connectivity index (χ0v) is 8.37. The Morgan fingerprint density at radius 2 is 2.31 bits per heavy atom. The fourth-order valence-corrected chi connectivity index (χ4v) is 2.28. The Morgan fingerprint density at radius 3 is 2.69 bits per heavy atom. The van der Waals surface area contributed by atoms with Crippen LogP contribution in [0, 0.1) is 18.3 Å². The van der Waals surface area contributed by atoms with E-state index in [1.807, 2.05) is 13.0 Å². The smallest absolute Gasteiger partial charge is 0.140 e. The van der Waals surface area contributed by atoms with Crippen molar-refractivity contribution in [1.29, 1.82) is 0 Å². The molecule has 0 bridgehead atoms. The van der Waals surface area contributed by atoms with Crippen LogP contribution in [0.25, 0.3) is 0 Å². The monoisotopic (exact) mass is 180 g/mol. The Labute approximate surface area is 78.3 Å². The fraction of sp³-hybridized carbons (Fsp3) is 0.700. The third-order valence-electron chi connectivity index (χ3n) is 3.26. The summed E-state index contributed by atoms with van der Waals surface area (Å²) in [5.41, 5.74) is 6.93. The van der Waals surface area contributed by atoms with Gasteiger partial charge in [0.05, 0.1) is 5.69 Å². The van der Waals surface area contributed by atoms with Gasteiger partial charge in [0.2, 0.25) is 0 Å². The SMILES string of the molecule is Cc1cc(C2C(CN)C2(C)C)on1. The Morgan fingerprint density at radius 1 is 1.62 bits per heavy atom. The first-order valence-corrected chi connectivity index (χ1v) is 4.70. The first kappa shape index (κ1) is 8.75. The number of hydrogen-bond acceptors (Lipinski definition) is 3. The van der Waals surface area contributed by atoms with Gasteiger partial charge in [0.15, 0.2) is 0 Å². The summed E-state index contributed by atoms with van der Waals surface area (Å²) in [7, 11) is 0. The minimum absolute atomic E-state index is 0.292. The van der Waals surface area contributed by atoms with Gasteiger partial charge < -0.3 is 10.3 Å². The van der Waals surface area contributed by atoms with Crippen LogP contribution in [0.4, 0.5) is 0 Å². The summed E-state index contributed by atoms with van der Waals surface area (Å²) in [5, 5.41) is 3.90. The molecule has 3 nitrogen and oxygen atoms in total. The molecule has 2 N–H and O–H groups in total. The highest BCUT2D eigenvalue weighted by Gasteiger charge is 2.59. The quantitative estimate of drug-likeness (QED) is 0.753. The van der Waals surface area contributed by atoms with Crippen LogP contribution in [-0.4, -0.2) is 11.7 Å². The molecule has 2 rings (SSSR count). The van der Waals surface area contributed by atoms with Crippen LogP contribution in [0.3, 0.4) is 0 Å². The van der Waals surface area contributed by atoms with Gasteiger partial charge in [-0.2, -0.15) is 0 Å². The molecule has 0 amide bonds. The molecule has 3 heteroatoms. The van der Waals surface area contributed by atoms with E-state index in [-0.39, 0.29) is 0 Å². The Kier molecular flexibility index (Phi) is 1.74. The second-order valence-corrected chi connectivity index (χ2v) is 4.51. The predicted octanol–water partition coefficient (Wildman–Crippen LogP) is 1.68. The summed E-state index contributed by atoms with van der Waals surface area (Å²) in [6.45, 7) is 7.14. The largest absolute Gasteiger partial charge is 0.361 e. The van der Waals surface area contributed by atoms with Crippen molar-refractivity contribution in [3.8, 4) is 0 Å². The van der Waals surface area contributed by atoms with Crippen molar-refractivity contribution in [2.45, 2.75) is 26.7 Å². The van der Waals surface area contributed by atoms with E-state index in [0.717, 1.165) is 18.0 Å². The van der Waals surface area contributed by atoms with Gasteiger partial charge in [0.1, 0.15) is 5.76 Å². The summed E-state index contributed by atoms with van der Waals surface area (Å²) < 4.78 is 5.25. The zero-order valence-electron chi connectivity index (χ0n) is 8.37. The molecule has 0 radical (unpaired) electrons. The molecular formula is C10H16N2O. The van der Waals surface area contributed by atoms with E-state index < -0.39 is 0 Å². The van der Waals surface area contributed by atoms with E-state index in [9.17, 15) is 0 Å². The fourth-order valence-electron chi connectivity index (χ4n) is 2.28. The molecule has 1 aliphatic rings. The third-order valence-corrected chi connectivity index (χ3v) is 3.26. The first-order chi connectivity index (χ1) is 6.07. The summed E-state index contributed by atoms with van der Waals surface area (Å²) in [6.07, 6.45) is 0. The maximum atomic E-state index is 5.68. The average molecular weight is 180 g/mol. The molecule has 0 aromatic carbocycles. The molecule has 0 saturated heterocycles. The number of hydrogen-bond donors (Lipinski definition) is 1. The third kappa shape index (κ3) is 1.18. The molecule has 13 heavy (non-hydrogen) atoms. The van der Waals surface area contributed by atoms with Gasteiger partial charge in [-0.15, -0.1) is 0 Å². The molecule has 2 atom stereocenters. The van der Waals surface area contributed by atoms with Gasteiger partial charge >= 0.3 is 0 Å². The summed E-state index contributed by atoms with van der Waals surface area (Å²) in [5.74, 6) is 2.02. The molecule has 72 valence electrons. The van der Waals surface area contributed by atoms with Gasteiger partial charge in [-0.25, -0.2) is 0 Å². The van der Waals surface area contributed by atoms with Crippen LogP contribution in [-0.2, 0) is 0 Å². The van der Waals surface area contributed by atoms with Crippen LogP contribution >= 0.6 is 0 Å². The topological polar surface area (TPSA) is 52.0 Å². The van der Waals surface area contributed by atoms with Crippen molar-refractivity contribution in [2.75, 3.05) is 6.54 Å². The van der Waals surface area contributed by atoms with Gasteiger partial charge in [0, 0.05) is 12.0 Å². The van der Waals surface area contributed by atoms with Crippen LogP contribution in [0.1, 0.15) is 31.2 Å². The second-order valence-electron chi connectivity index (χ2n) is 4.51. The summed E-state index contributed by atoms with van der Waals surface area (Å²) >= 11 is 0. The Bertz CT molecular complexity index is 316. The average Bonchev–Trinajstić information content (AvgIpc) is 2.41. The van der Waals surface area contributed by atoms with E-state index in [0.29, 0.717) is 17.3 Å². The van der Waals surface area contributed by atoms with E-state index in [1.165, 1.54) is 0 Å². The van der Waals surface area contributed by atoms with Crippen molar-refractivity contribution in [1.82, 2.24) is 5.16 Å². The molecule has 1 aliphatic carbocycles. The Hall–Kier alpha value is -0.830.